The first-order valence-corrected chi connectivity index (χ1v) is 5.74. The first kappa shape index (κ1) is 10.4. The van der Waals surface area contributed by atoms with E-state index in [1.807, 2.05) is 0 Å². The molecule has 2 atom stereocenters. The highest BCUT2D eigenvalue weighted by atomic mass is 15.2. The van der Waals surface area contributed by atoms with Gasteiger partial charge < -0.3 is 0 Å². The third kappa shape index (κ3) is 2.29. The summed E-state index contributed by atoms with van der Waals surface area (Å²) in [6, 6.07) is 11.9. The molecule has 1 aromatic rings. The van der Waals surface area contributed by atoms with Crippen LogP contribution in [0, 0.1) is 0 Å². The maximum Gasteiger partial charge on any atom is 0.0326 e. The van der Waals surface area contributed by atoms with Crippen LogP contribution in [0.2, 0.25) is 0 Å². The standard InChI is InChI=1S/C14H19N/c1-12-8-6-7-11-15(12)13(2)14-9-4-3-5-10-14/h3-7,9-10,12-13H,8,11H2,1-2H3/t12-,13-/m1/s1. The molecule has 0 N–H and O–H groups in total. The van der Waals surface area contributed by atoms with Crippen molar-refractivity contribution in [1.82, 2.24) is 4.90 Å². The highest BCUT2D eigenvalue weighted by Gasteiger charge is 2.21. The van der Waals surface area contributed by atoms with Crippen LogP contribution in [-0.2, 0) is 0 Å². The minimum atomic E-state index is 0.520. The summed E-state index contributed by atoms with van der Waals surface area (Å²) >= 11 is 0. The van der Waals surface area contributed by atoms with Gasteiger partial charge in [0.1, 0.15) is 0 Å². The average Bonchev–Trinajstić information content (AvgIpc) is 2.30. The maximum absolute atomic E-state index is 2.55. The van der Waals surface area contributed by atoms with Crippen LogP contribution in [0.25, 0.3) is 0 Å². The highest BCUT2D eigenvalue weighted by molar-refractivity contribution is 5.19. The van der Waals surface area contributed by atoms with Crippen LogP contribution in [0.15, 0.2) is 42.5 Å². The number of hydrogen-bond acceptors (Lipinski definition) is 1. The third-order valence-electron chi connectivity index (χ3n) is 3.31. The maximum atomic E-state index is 2.55. The molecule has 15 heavy (non-hydrogen) atoms. The zero-order chi connectivity index (χ0) is 10.7. The molecule has 0 fully saturated rings. The Hall–Kier alpha value is -1.08. The molecule has 1 aromatic carbocycles. The van der Waals surface area contributed by atoms with Gasteiger partial charge >= 0.3 is 0 Å². The summed E-state index contributed by atoms with van der Waals surface area (Å²) in [5, 5.41) is 0. The van der Waals surface area contributed by atoms with Gasteiger partial charge in [0.25, 0.3) is 0 Å². The normalized spacial score (nSPS) is 24.0. The summed E-state index contributed by atoms with van der Waals surface area (Å²) in [5.74, 6) is 0. The lowest BCUT2D eigenvalue weighted by Crippen LogP contribution is -2.37. The monoisotopic (exact) mass is 201 g/mol. The van der Waals surface area contributed by atoms with Gasteiger partial charge in [-0.3, -0.25) is 4.90 Å². The predicted molar refractivity (Wildman–Crippen MR) is 64.8 cm³/mol. The second-order valence-corrected chi connectivity index (χ2v) is 4.34. The fourth-order valence-corrected chi connectivity index (χ4v) is 2.27. The van der Waals surface area contributed by atoms with Gasteiger partial charge in [-0.05, 0) is 25.8 Å². The van der Waals surface area contributed by atoms with Gasteiger partial charge in [0.15, 0.2) is 0 Å². The molecule has 0 aliphatic carbocycles. The van der Waals surface area contributed by atoms with E-state index in [4.69, 9.17) is 0 Å². The van der Waals surface area contributed by atoms with Crippen LogP contribution >= 0.6 is 0 Å². The van der Waals surface area contributed by atoms with E-state index in [9.17, 15) is 0 Å². The average molecular weight is 201 g/mol. The first-order valence-electron chi connectivity index (χ1n) is 5.74. The summed E-state index contributed by atoms with van der Waals surface area (Å²) in [6.45, 7) is 5.69. The van der Waals surface area contributed by atoms with Crippen LogP contribution in [0.5, 0.6) is 0 Å². The van der Waals surface area contributed by atoms with Crippen molar-refractivity contribution >= 4 is 0 Å². The van der Waals surface area contributed by atoms with Crippen LogP contribution in [0.3, 0.4) is 0 Å². The van der Waals surface area contributed by atoms with Crippen molar-refractivity contribution in [3.63, 3.8) is 0 Å². The lowest BCUT2D eigenvalue weighted by molar-refractivity contribution is 0.166. The smallest absolute Gasteiger partial charge is 0.0326 e. The van der Waals surface area contributed by atoms with E-state index >= 15 is 0 Å². The second-order valence-electron chi connectivity index (χ2n) is 4.34. The van der Waals surface area contributed by atoms with Crippen LogP contribution in [-0.4, -0.2) is 17.5 Å². The molecule has 1 heterocycles. The second kappa shape index (κ2) is 4.63. The van der Waals surface area contributed by atoms with Gasteiger partial charge in [-0.1, -0.05) is 42.5 Å². The summed E-state index contributed by atoms with van der Waals surface area (Å²) < 4.78 is 0. The van der Waals surface area contributed by atoms with E-state index in [0.717, 1.165) is 6.54 Å². The Balaban J connectivity index is 2.14. The summed E-state index contributed by atoms with van der Waals surface area (Å²) in [5.41, 5.74) is 1.42. The topological polar surface area (TPSA) is 3.24 Å². The van der Waals surface area contributed by atoms with E-state index in [-0.39, 0.29) is 0 Å². The number of rotatable bonds is 2. The first-order chi connectivity index (χ1) is 7.29. The van der Waals surface area contributed by atoms with Crippen LogP contribution < -0.4 is 0 Å². The van der Waals surface area contributed by atoms with Crippen molar-refractivity contribution in [2.45, 2.75) is 32.4 Å². The van der Waals surface area contributed by atoms with E-state index in [2.05, 4.69) is 61.2 Å². The van der Waals surface area contributed by atoms with Gasteiger partial charge in [0.2, 0.25) is 0 Å². The molecule has 1 nitrogen and oxygen atoms in total. The number of nitrogens with zero attached hydrogens (tertiary/aromatic N) is 1. The third-order valence-corrected chi connectivity index (χ3v) is 3.31. The zero-order valence-corrected chi connectivity index (χ0v) is 9.56. The largest absolute Gasteiger partial charge is 0.290 e. The fourth-order valence-electron chi connectivity index (χ4n) is 2.27. The molecule has 0 saturated carbocycles. The lowest BCUT2D eigenvalue weighted by Gasteiger charge is -2.35. The quantitative estimate of drug-likeness (QED) is 0.663. The molecule has 2 rings (SSSR count). The van der Waals surface area contributed by atoms with E-state index in [1.165, 1.54) is 12.0 Å². The molecule has 0 saturated heterocycles. The number of hydrogen-bond donors (Lipinski definition) is 0. The van der Waals surface area contributed by atoms with Crippen molar-refractivity contribution in [2.24, 2.45) is 0 Å². The fraction of sp³-hybridized carbons (Fsp3) is 0.429. The Morgan fingerprint density at radius 2 is 1.93 bits per heavy atom. The summed E-state index contributed by atoms with van der Waals surface area (Å²) in [6.07, 6.45) is 5.75. The molecule has 0 unspecified atom stereocenters. The Kier molecular flexibility index (Phi) is 3.22. The molecule has 0 radical (unpaired) electrons. The Morgan fingerprint density at radius 3 is 2.60 bits per heavy atom. The summed E-state index contributed by atoms with van der Waals surface area (Å²) in [7, 11) is 0. The van der Waals surface area contributed by atoms with Gasteiger partial charge in [0.05, 0.1) is 0 Å². The van der Waals surface area contributed by atoms with Gasteiger partial charge in [0, 0.05) is 18.6 Å². The molecular formula is C14H19N. The predicted octanol–water partition coefficient (Wildman–Crippen LogP) is 3.40. The van der Waals surface area contributed by atoms with Crippen LogP contribution in [0.4, 0.5) is 0 Å². The molecular weight excluding hydrogens is 182 g/mol. The molecule has 0 spiro atoms. The minimum absolute atomic E-state index is 0.520. The van der Waals surface area contributed by atoms with Crippen molar-refractivity contribution < 1.29 is 0 Å². The van der Waals surface area contributed by atoms with Gasteiger partial charge in [-0.15, -0.1) is 0 Å². The van der Waals surface area contributed by atoms with E-state index in [0.29, 0.717) is 12.1 Å². The van der Waals surface area contributed by atoms with Gasteiger partial charge in [-0.2, -0.15) is 0 Å². The highest BCUT2D eigenvalue weighted by Crippen LogP contribution is 2.25. The van der Waals surface area contributed by atoms with E-state index < -0.39 is 0 Å². The Bertz CT molecular complexity index is 328. The lowest BCUT2D eigenvalue weighted by atomic mass is 10.0. The Labute approximate surface area is 92.4 Å². The number of benzene rings is 1. The van der Waals surface area contributed by atoms with Crippen molar-refractivity contribution in [3.8, 4) is 0 Å². The minimum Gasteiger partial charge on any atom is -0.290 e. The van der Waals surface area contributed by atoms with Crippen LogP contribution in [0.1, 0.15) is 31.9 Å². The van der Waals surface area contributed by atoms with Crippen molar-refractivity contribution in [2.75, 3.05) is 6.54 Å². The van der Waals surface area contributed by atoms with Crippen molar-refractivity contribution in [1.29, 1.82) is 0 Å². The molecule has 80 valence electrons. The zero-order valence-electron chi connectivity index (χ0n) is 9.56. The molecule has 0 amide bonds. The van der Waals surface area contributed by atoms with Gasteiger partial charge in [-0.25, -0.2) is 0 Å². The molecule has 0 aromatic heterocycles. The molecule has 1 heteroatoms. The van der Waals surface area contributed by atoms with E-state index in [1.54, 1.807) is 0 Å². The molecule has 1 aliphatic heterocycles. The Morgan fingerprint density at radius 1 is 1.20 bits per heavy atom. The summed E-state index contributed by atoms with van der Waals surface area (Å²) in [4.78, 5) is 2.55. The molecule has 0 bridgehead atoms. The SMILES string of the molecule is C[C@@H]1CC=CCN1[C@H](C)c1ccccc1. The van der Waals surface area contributed by atoms with Crippen molar-refractivity contribution in [3.05, 3.63) is 48.0 Å². The molecule has 1 aliphatic rings.